The molecule has 72 valence electrons. The van der Waals surface area contributed by atoms with Crippen molar-refractivity contribution in [2.24, 2.45) is 0 Å². The summed E-state index contributed by atoms with van der Waals surface area (Å²) in [4.78, 5) is 0. The van der Waals surface area contributed by atoms with E-state index in [1.807, 2.05) is 0 Å². The van der Waals surface area contributed by atoms with Crippen LogP contribution in [0.25, 0.3) is 0 Å². The van der Waals surface area contributed by atoms with Crippen molar-refractivity contribution in [1.82, 2.24) is 0 Å². The summed E-state index contributed by atoms with van der Waals surface area (Å²) >= 11 is 2.46. The van der Waals surface area contributed by atoms with E-state index in [0.717, 1.165) is 0 Å². The van der Waals surface area contributed by atoms with Crippen LogP contribution < -0.4 is 0 Å². The smallest absolute Gasteiger partial charge is 0.00618 e. The summed E-state index contributed by atoms with van der Waals surface area (Å²) in [5.41, 5.74) is 5.81. The van der Waals surface area contributed by atoms with Gasteiger partial charge in [0.25, 0.3) is 0 Å². The molecule has 1 rings (SSSR count). The zero-order chi connectivity index (χ0) is 10.0. The van der Waals surface area contributed by atoms with E-state index in [9.17, 15) is 0 Å². The number of aryl methyl sites for hydroxylation is 3. The van der Waals surface area contributed by atoms with E-state index in [-0.39, 0.29) is 0 Å². The van der Waals surface area contributed by atoms with Gasteiger partial charge in [0.1, 0.15) is 0 Å². The van der Waals surface area contributed by atoms with Gasteiger partial charge in [0.2, 0.25) is 0 Å². The Kier molecular flexibility index (Phi) is 3.77. The van der Waals surface area contributed by atoms with Gasteiger partial charge in [-0.2, -0.15) is 0 Å². The average Bonchev–Trinajstić information content (AvgIpc) is 2.02. The molecule has 0 spiro atoms. The maximum absolute atomic E-state index is 2.46. The fourth-order valence-corrected chi connectivity index (χ4v) is 2.49. The van der Waals surface area contributed by atoms with Crippen LogP contribution >= 0.6 is 22.6 Å². The lowest BCUT2D eigenvalue weighted by Crippen LogP contribution is -2.01. The van der Waals surface area contributed by atoms with Crippen LogP contribution in [-0.4, -0.2) is 4.43 Å². The number of halogens is 1. The Labute approximate surface area is 94.9 Å². The third-order valence-corrected chi connectivity index (χ3v) is 3.78. The first-order valence-corrected chi connectivity index (χ1v) is 6.22. The van der Waals surface area contributed by atoms with Crippen molar-refractivity contribution in [3.05, 3.63) is 34.4 Å². The van der Waals surface area contributed by atoms with Gasteiger partial charge < -0.3 is 0 Å². The highest BCUT2D eigenvalue weighted by Gasteiger charge is 2.10. The van der Waals surface area contributed by atoms with Gasteiger partial charge in [-0.25, -0.2) is 0 Å². The van der Waals surface area contributed by atoms with Crippen LogP contribution in [0.15, 0.2) is 12.1 Å². The molecule has 1 aromatic carbocycles. The lowest BCUT2D eigenvalue weighted by Gasteiger charge is -2.16. The maximum atomic E-state index is 2.46. The number of rotatable bonds is 2. The summed E-state index contributed by atoms with van der Waals surface area (Å²) in [6, 6.07) is 4.57. The van der Waals surface area contributed by atoms with Crippen molar-refractivity contribution in [1.29, 1.82) is 0 Å². The highest BCUT2D eigenvalue weighted by Crippen LogP contribution is 2.26. The molecule has 0 aromatic heterocycles. The van der Waals surface area contributed by atoms with E-state index < -0.39 is 0 Å². The minimum Gasteiger partial charge on any atom is -0.0857 e. The van der Waals surface area contributed by atoms with Crippen LogP contribution in [0, 0.1) is 20.8 Å². The summed E-state index contributed by atoms with van der Waals surface area (Å²) < 4.78 is 1.20. The highest BCUT2D eigenvalue weighted by molar-refractivity contribution is 14.1. The highest BCUT2D eigenvalue weighted by atomic mass is 127. The number of hydrogen-bond acceptors (Lipinski definition) is 0. The molecule has 0 aliphatic heterocycles. The lowest BCUT2D eigenvalue weighted by atomic mass is 9.92. The summed E-state index contributed by atoms with van der Waals surface area (Å²) in [5.74, 6) is 0.682. The summed E-state index contributed by atoms with van der Waals surface area (Å²) in [6.07, 6.45) is 0. The van der Waals surface area contributed by atoms with Gasteiger partial charge in [-0.05, 0) is 43.4 Å². The largest absolute Gasteiger partial charge is 0.0857 e. The van der Waals surface area contributed by atoms with Gasteiger partial charge in [-0.15, -0.1) is 0 Å². The van der Waals surface area contributed by atoms with E-state index in [0.29, 0.717) is 5.92 Å². The molecule has 0 saturated carbocycles. The Balaban J connectivity index is 3.20. The van der Waals surface area contributed by atoms with Crippen molar-refractivity contribution >= 4 is 22.6 Å². The van der Waals surface area contributed by atoms with Crippen molar-refractivity contribution in [2.75, 3.05) is 4.43 Å². The standard InChI is InChI=1S/C12H17I/c1-8-5-9(2)12(10(3)6-8)11(4)7-13/h5-6,11H,7H2,1-4H3. The Bertz CT molecular complexity index is 279. The van der Waals surface area contributed by atoms with Crippen LogP contribution in [0.1, 0.15) is 35.1 Å². The Hall–Kier alpha value is -0.0500. The minimum atomic E-state index is 0.682. The van der Waals surface area contributed by atoms with Crippen LogP contribution in [0.2, 0.25) is 0 Å². The van der Waals surface area contributed by atoms with Crippen LogP contribution in [0.4, 0.5) is 0 Å². The van der Waals surface area contributed by atoms with Gasteiger partial charge in [-0.1, -0.05) is 47.2 Å². The summed E-state index contributed by atoms with van der Waals surface area (Å²) in [5, 5.41) is 0. The van der Waals surface area contributed by atoms with Gasteiger partial charge in [0.05, 0.1) is 0 Å². The molecule has 0 amide bonds. The van der Waals surface area contributed by atoms with Crippen LogP contribution in [0.3, 0.4) is 0 Å². The third-order valence-electron chi connectivity index (χ3n) is 2.46. The quantitative estimate of drug-likeness (QED) is 0.566. The molecule has 0 saturated heterocycles. The second kappa shape index (κ2) is 4.45. The molecule has 1 unspecified atom stereocenters. The van der Waals surface area contributed by atoms with Crippen molar-refractivity contribution in [3.63, 3.8) is 0 Å². The van der Waals surface area contributed by atoms with Crippen molar-refractivity contribution in [2.45, 2.75) is 33.6 Å². The number of hydrogen-bond donors (Lipinski definition) is 0. The molecule has 0 fully saturated rings. The second-order valence-corrected chi connectivity index (χ2v) is 4.75. The molecule has 0 N–H and O–H groups in total. The Morgan fingerprint density at radius 2 is 1.62 bits per heavy atom. The third kappa shape index (κ3) is 2.46. The number of benzene rings is 1. The molecule has 0 radical (unpaired) electrons. The maximum Gasteiger partial charge on any atom is 0.00618 e. The average molecular weight is 288 g/mol. The molecule has 1 atom stereocenters. The normalized spacial score (nSPS) is 13.0. The van der Waals surface area contributed by atoms with Gasteiger partial charge in [0, 0.05) is 4.43 Å². The minimum absolute atomic E-state index is 0.682. The van der Waals surface area contributed by atoms with E-state index in [4.69, 9.17) is 0 Å². The van der Waals surface area contributed by atoms with Gasteiger partial charge in [-0.3, -0.25) is 0 Å². The van der Waals surface area contributed by atoms with Gasteiger partial charge in [0.15, 0.2) is 0 Å². The first-order chi connectivity index (χ1) is 6.06. The first kappa shape index (κ1) is 11.0. The van der Waals surface area contributed by atoms with E-state index in [1.54, 1.807) is 5.56 Å². The van der Waals surface area contributed by atoms with Crippen molar-refractivity contribution in [3.8, 4) is 0 Å². The SMILES string of the molecule is Cc1cc(C)c(C(C)CI)c(C)c1. The molecular weight excluding hydrogens is 271 g/mol. The molecule has 0 bridgehead atoms. The molecule has 1 aromatic rings. The molecule has 0 aliphatic carbocycles. The molecule has 1 heteroatoms. The molecular formula is C12H17I. The first-order valence-electron chi connectivity index (χ1n) is 4.70. The zero-order valence-corrected chi connectivity index (χ0v) is 11.0. The van der Waals surface area contributed by atoms with Crippen LogP contribution in [-0.2, 0) is 0 Å². The topological polar surface area (TPSA) is 0 Å². The van der Waals surface area contributed by atoms with Gasteiger partial charge >= 0.3 is 0 Å². The fraction of sp³-hybridized carbons (Fsp3) is 0.500. The molecule has 13 heavy (non-hydrogen) atoms. The Morgan fingerprint density at radius 3 is 2.00 bits per heavy atom. The van der Waals surface area contributed by atoms with E-state index in [1.165, 1.54) is 21.1 Å². The predicted octanol–water partition coefficient (Wildman–Crippen LogP) is 4.15. The van der Waals surface area contributed by atoms with Crippen LogP contribution in [0.5, 0.6) is 0 Å². The summed E-state index contributed by atoms with van der Waals surface area (Å²) in [7, 11) is 0. The van der Waals surface area contributed by atoms with E-state index >= 15 is 0 Å². The molecule has 0 nitrogen and oxygen atoms in total. The monoisotopic (exact) mass is 288 g/mol. The molecule has 0 heterocycles. The fourth-order valence-electron chi connectivity index (χ4n) is 2.05. The second-order valence-electron chi connectivity index (χ2n) is 3.87. The zero-order valence-electron chi connectivity index (χ0n) is 8.82. The lowest BCUT2D eigenvalue weighted by molar-refractivity contribution is 0.871. The van der Waals surface area contributed by atoms with E-state index in [2.05, 4.69) is 62.4 Å². The Morgan fingerprint density at radius 1 is 1.15 bits per heavy atom. The predicted molar refractivity (Wildman–Crippen MR) is 68.0 cm³/mol. The molecule has 0 aliphatic rings. The number of alkyl halides is 1. The van der Waals surface area contributed by atoms with Crippen molar-refractivity contribution < 1.29 is 0 Å². The summed E-state index contributed by atoms with van der Waals surface area (Å²) in [6.45, 7) is 8.91.